The van der Waals surface area contributed by atoms with E-state index in [0.29, 0.717) is 11.8 Å². The molecule has 2 unspecified atom stereocenters. The van der Waals surface area contributed by atoms with Crippen molar-refractivity contribution in [3.8, 4) is 0 Å². The van der Waals surface area contributed by atoms with Crippen molar-refractivity contribution in [2.24, 2.45) is 0 Å². The second-order valence-electron chi connectivity index (χ2n) is 26.6. The largest absolute Gasteiger partial charge is 0.0225 e. The Hall–Kier alpha value is -8.84. The van der Waals surface area contributed by atoms with Crippen molar-refractivity contribution in [1.29, 1.82) is 0 Å². The lowest BCUT2D eigenvalue weighted by Gasteiger charge is -2.35. The summed E-state index contributed by atoms with van der Waals surface area (Å²) in [5, 5.41) is 108. The predicted octanol–water partition coefficient (Wildman–Crippen LogP) is 19.9. The molecule has 4 aliphatic carbocycles. The van der Waals surface area contributed by atoms with Crippen molar-refractivity contribution < 1.29 is 0 Å². The van der Waals surface area contributed by atoms with Gasteiger partial charge in [0, 0.05) is 11.8 Å². The highest BCUT2D eigenvalue weighted by molar-refractivity contribution is 6.83. The standard InChI is InChI=1S/C70H2/c1-2-22-5-6-24-13-14-26-11-9-23-4-3(21(1)51-52(22)54(24)55(26)53(23)51)33-31(1)61-35-7-8-27-15-16-29-19-20-30-18-17-28-12-10(25(7)56-57(27)59(29)60(30)58(28)56)37(35)63(33)65-36(4)40(9)67(44(17)42(12)65)69-46(11)47(14)70(50(20)49(18)69)68-43(13)39(6)66(45(16)48(19)68)64-34(5)32(2)62(61)38(8)41(15)64/h1-2H. The van der Waals surface area contributed by atoms with Crippen LogP contribution in [0.15, 0.2) is 0 Å². The average molecular weight is 843 g/mol. The van der Waals surface area contributed by atoms with Crippen LogP contribution in [0.2, 0.25) is 0 Å². The fourth-order valence-electron chi connectivity index (χ4n) is 26.9. The van der Waals surface area contributed by atoms with E-state index in [1.165, 1.54) is 0 Å². The minimum absolute atomic E-state index is 0.377. The zero-order valence-corrected chi connectivity index (χ0v) is 35.2. The van der Waals surface area contributed by atoms with Crippen LogP contribution < -0.4 is 0 Å². The van der Waals surface area contributed by atoms with Gasteiger partial charge in [0.1, 0.15) is 0 Å². The van der Waals surface area contributed by atoms with Crippen LogP contribution in [0.4, 0.5) is 0 Å². The van der Waals surface area contributed by atoms with Crippen LogP contribution in [0.1, 0.15) is 34.1 Å². The van der Waals surface area contributed by atoms with Gasteiger partial charge in [-0.3, -0.25) is 0 Å². The molecule has 0 radical (unpaired) electrons. The molecule has 0 bridgehead atoms. The maximum Gasteiger partial charge on any atom is 0.0225 e. The summed E-state index contributed by atoms with van der Waals surface area (Å²) in [6.45, 7) is 0. The highest BCUT2D eigenvalue weighted by Gasteiger charge is 2.57. The average Bonchev–Trinajstić information content (AvgIpc) is 4.41. The molecule has 0 amide bonds. The van der Waals surface area contributed by atoms with Gasteiger partial charge < -0.3 is 0 Å². The predicted molar refractivity (Wildman–Crippen MR) is 299 cm³/mol. The summed E-state index contributed by atoms with van der Waals surface area (Å²) in [5.41, 5.74) is 7.15. The van der Waals surface area contributed by atoms with Gasteiger partial charge in [-0.1, -0.05) is 0 Å². The van der Waals surface area contributed by atoms with Gasteiger partial charge in [0.05, 0.1) is 0 Å². The van der Waals surface area contributed by atoms with Crippen molar-refractivity contribution >= 4 is 345 Å². The molecule has 0 heterocycles. The van der Waals surface area contributed by atoms with E-state index < -0.39 is 0 Å². The van der Waals surface area contributed by atoms with E-state index in [1.54, 1.807) is 367 Å². The zero-order chi connectivity index (χ0) is 40.4. The summed E-state index contributed by atoms with van der Waals surface area (Å²) < 4.78 is 0. The molecular formula is C70H2. The van der Waals surface area contributed by atoms with Gasteiger partial charge in [0.15, 0.2) is 0 Å². The molecular weight excluding hydrogens is 841 g/mol. The highest BCUT2D eigenvalue weighted by atomic mass is 14.6. The zero-order valence-electron chi connectivity index (χ0n) is 35.2. The number of hydrogen-bond acceptors (Lipinski definition) is 0. The Morgan fingerprint density at radius 2 is 0.129 bits per heavy atom. The highest BCUT2D eigenvalue weighted by Crippen LogP contribution is 2.83. The van der Waals surface area contributed by atoms with Crippen LogP contribution >= 0.6 is 0 Å². The molecule has 37 rings (SSSR count). The Balaban J connectivity index is 1.25. The number of benzene rings is 23. The molecule has 0 fully saturated rings. The first-order valence-corrected chi connectivity index (χ1v) is 26.5. The molecule has 33 aromatic carbocycles. The number of hydrogen-bond donors (Lipinski definition) is 0. The normalized spacial score (nSPS) is 20.6. The Morgan fingerprint density at radius 3 is 0.200 bits per heavy atom. The molecule has 2 atom stereocenters. The minimum Gasteiger partial charge on any atom is -0.0224 e. The fraction of sp³-hybridized carbons (Fsp3) is 0.0286. The van der Waals surface area contributed by atoms with Crippen molar-refractivity contribution in [1.82, 2.24) is 0 Å². The molecule has 4 aliphatic rings. The van der Waals surface area contributed by atoms with Crippen LogP contribution in [-0.2, 0) is 0 Å². The summed E-state index contributed by atoms with van der Waals surface area (Å²) in [6.07, 6.45) is 0. The van der Waals surface area contributed by atoms with E-state index in [-0.39, 0.29) is 0 Å². The first-order valence-electron chi connectivity index (χ1n) is 26.5. The van der Waals surface area contributed by atoms with Crippen molar-refractivity contribution in [2.45, 2.75) is 11.8 Å². The second-order valence-corrected chi connectivity index (χ2v) is 26.6. The summed E-state index contributed by atoms with van der Waals surface area (Å²) in [5.74, 6) is 0.754. The molecule has 0 nitrogen and oxygen atoms in total. The van der Waals surface area contributed by atoms with Crippen LogP contribution in [0.5, 0.6) is 0 Å². The van der Waals surface area contributed by atoms with Gasteiger partial charge in [-0.2, -0.15) is 0 Å². The molecule has 0 N–H and O–H groups in total. The first-order chi connectivity index (χ1) is 35.0. The third-order valence-corrected chi connectivity index (χ3v) is 26.7. The minimum atomic E-state index is 0.377. The summed E-state index contributed by atoms with van der Waals surface area (Å²) in [7, 11) is 0. The van der Waals surface area contributed by atoms with Gasteiger partial charge in [-0.05, 0) is 367 Å². The van der Waals surface area contributed by atoms with Gasteiger partial charge in [0.2, 0.25) is 0 Å². The van der Waals surface area contributed by atoms with Crippen LogP contribution in [0.25, 0.3) is 345 Å². The van der Waals surface area contributed by atoms with Gasteiger partial charge in [0.25, 0.3) is 0 Å². The van der Waals surface area contributed by atoms with E-state index in [9.17, 15) is 0 Å². The van der Waals surface area contributed by atoms with Gasteiger partial charge in [-0.15, -0.1) is 0 Å². The quantitative estimate of drug-likeness (QED) is 0.105. The van der Waals surface area contributed by atoms with Crippen LogP contribution in [-0.4, -0.2) is 0 Å². The Bertz CT molecular complexity index is 7940. The Labute approximate surface area is 376 Å². The van der Waals surface area contributed by atoms with E-state index in [4.69, 9.17) is 0 Å². The number of rotatable bonds is 0. The summed E-state index contributed by atoms with van der Waals surface area (Å²) in [6, 6.07) is 0. The smallest absolute Gasteiger partial charge is 0.0224 e. The van der Waals surface area contributed by atoms with Crippen LogP contribution in [0, 0.1) is 0 Å². The van der Waals surface area contributed by atoms with Gasteiger partial charge >= 0.3 is 0 Å². The first kappa shape index (κ1) is 23.9. The van der Waals surface area contributed by atoms with E-state index in [2.05, 4.69) is 0 Å². The monoisotopic (exact) mass is 842 g/mol. The molecule has 70 heavy (non-hydrogen) atoms. The maximum atomic E-state index is 1.79. The van der Waals surface area contributed by atoms with E-state index in [0.717, 1.165) is 0 Å². The molecule has 0 aromatic heterocycles. The van der Waals surface area contributed by atoms with Gasteiger partial charge in [-0.25, -0.2) is 0 Å². The SMILES string of the molecule is c12c3c4c5c6c7c8c9c%10c(c%11c1c1c%12c3c3c4c4c6c6c%13c7c7c9c9c%14c%10c%10c%11c%11c1c1c%12c%12c3c3c4c6c4c6c%13c%13c7c9c7c9c%14c%10c%10c%11c%11c1c1c%12c3c4c3c1c1c%11c%10c9c4c7c%13c6c3c41)C2C58. The molecule has 0 heteroatoms. The van der Waals surface area contributed by atoms with Crippen molar-refractivity contribution in [3.63, 3.8) is 0 Å². The third kappa shape index (κ3) is 1.18. The molecule has 0 aliphatic heterocycles. The van der Waals surface area contributed by atoms with Crippen molar-refractivity contribution in [3.05, 3.63) is 22.3 Å². The topological polar surface area (TPSA) is 0 Å². The fourth-order valence-corrected chi connectivity index (χ4v) is 26.9. The Kier molecular flexibility index (Phi) is 1.78. The van der Waals surface area contributed by atoms with E-state index in [1.807, 2.05) is 0 Å². The molecule has 0 saturated heterocycles. The van der Waals surface area contributed by atoms with E-state index >= 15 is 0 Å². The summed E-state index contributed by atoms with van der Waals surface area (Å²) >= 11 is 0. The molecule has 33 aromatic rings. The third-order valence-electron chi connectivity index (χ3n) is 26.7. The van der Waals surface area contributed by atoms with Crippen LogP contribution in [0.3, 0.4) is 0 Å². The lowest BCUT2D eigenvalue weighted by molar-refractivity contribution is 0.735. The van der Waals surface area contributed by atoms with Crippen molar-refractivity contribution in [2.75, 3.05) is 0 Å². The Morgan fingerprint density at radius 1 is 0.0714 bits per heavy atom. The lowest BCUT2D eigenvalue weighted by Crippen LogP contribution is -2.17. The molecule has 0 spiro atoms. The molecule has 282 valence electrons. The summed E-state index contributed by atoms with van der Waals surface area (Å²) in [4.78, 5) is 0. The second kappa shape index (κ2) is 5.20. The lowest BCUT2D eigenvalue weighted by atomic mass is 9.66. The molecule has 0 saturated carbocycles. The maximum absolute atomic E-state index is 1.79.